The monoisotopic (exact) mass is 526 g/mol. The first-order chi connectivity index (χ1) is 18.3. The van der Waals surface area contributed by atoms with Gasteiger partial charge in [-0.2, -0.15) is 0 Å². The third-order valence-electron chi connectivity index (χ3n) is 6.46. The van der Waals surface area contributed by atoms with E-state index >= 15 is 0 Å². The van der Waals surface area contributed by atoms with Gasteiger partial charge < -0.3 is 4.74 Å². The van der Waals surface area contributed by atoms with E-state index in [0.717, 1.165) is 25.7 Å². The van der Waals surface area contributed by atoms with Crippen molar-refractivity contribution in [1.29, 1.82) is 0 Å². The van der Waals surface area contributed by atoms with Crippen molar-refractivity contribution in [3.8, 4) is 39.5 Å². The van der Waals surface area contributed by atoms with E-state index < -0.39 is 34.6 Å². The molecule has 0 aliphatic rings. The van der Waals surface area contributed by atoms with Gasteiger partial charge in [-0.25, -0.2) is 26.9 Å². The fourth-order valence-electron chi connectivity index (χ4n) is 4.20. The predicted octanol–water partition coefficient (Wildman–Crippen LogP) is 8.77. The van der Waals surface area contributed by atoms with Gasteiger partial charge >= 0.3 is 0 Å². The molecule has 0 aliphatic heterocycles. The molecule has 4 aromatic rings. The van der Waals surface area contributed by atoms with Crippen molar-refractivity contribution < 1.29 is 26.7 Å². The second-order valence-electron chi connectivity index (χ2n) is 9.00. The zero-order valence-electron chi connectivity index (χ0n) is 21.1. The van der Waals surface area contributed by atoms with Crippen LogP contribution in [0.1, 0.15) is 39.5 Å². The minimum atomic E-state index is -2.22. The fourth-order valence-corrected chi connectivity index (χ4v) is 4.20. The molecule has 0 bridgehead atoms. The minimum absolute atomic E-state index is 0.189. The molecule has 0 fully saturated rings. The SMILES string of the molecule is CCCCC(CC)COc1ccc(-c2ccc(-c3ccccn3)nc2-c2c(F)c(F)c(F)c(F)c2F)cc1. The minimum Gasteiger partial charge on any atom is -0.493 e. The average molecular weight is 527 g/mol. The lowest BCUT2D eigenvalue weighted by atomic mass is 9.97. The Morgan fingerprint density at radius 1 is 0.763 bits per heavy atom. The number of halogens is 5. The summed E-state index contributed by atoms with van der Waals surface area (Å²) in [4.78, 5) is 8.49. The third-order valence-corrected chi connectivity index (χ3v) is 6.46. The molecule has 0 N–H and O–H groups in total. The highest BCUT2D eigenvalue weighted by Gasteiger charge is 2.29. The summed E-state index contributed by atoms with van der Waals surface area (Å²) in [5.41, 5.74) is -0.243. The Balaban J connectivity index is 1.76. The summed E-state index contributed by atoms with van der Waals surface area (Å²) in [6.45, 7) is 4.83. The van der Waals surface area contributed by atoms with E-state index in [1.165, 1.54) is 12.3 Å². The van der Waals surface area contributed by atoms with Crippen molar-refractivity contribution in [2.75, 3.05) is 6.61 Å². The van der Waals surface area contributed by atoms with Gasteiger partial charge in [0.25, 0.3) is 0 Å². The zero-order valence-corrected chi connectivity index (χ0v) is 21.1. The highest BCUT2D eigenvalue weighted by atomic mass is 19.2. The second kappa shape index (κ2) is 12.2. The second-order valence-corrected chi connectivity index (χ2v) is 9.00. The topological polar surface area (TPSA) is 35.0 Å². The van der Waals surface area contributed by atoms with Gasteiger partial charge in [0.1, 0.15) is 5.75 Å². The molecule has 3 nitrogen and oxygen atoms in total. The summed E-state index contributed by atoms with van der Waals surface area (Å²) in [5, 5.41) is 0. The van der Waals surface area contributed by atoms with E-state index in [1.54, 1.807) is 48.5 Å². The number of aromatic nitrogens is 2. The Labute approximate surface area is 218 Å². The summed E-state index contributed by atoms with van der Waals surface area (Å²) in [5.74, 6) is -9.16. The zero-order chi connectivity index (χ0) is 27.2. The van der Waals surface area contributed by atoms with Gasteiger partial charge in [-0.3, -0.25) is 4.98 Å². The van der Waals surface area contributed by atoms with Crippen LogP contribution in [0.4, 0.5) is 22.0 Å². The number of pyridine rings is 2. The van der Waals surface area contributed by atoms with Crippen LogP contribution in [0.5, 0.6) is 5.75 Å². The normalized spacial score (nSPS) is 12.0. The largest absolute Gasteiger partial charge is 0.493 e. The third kappa shape index (κ3) is 5.69. The number of benzene rings is 2. The number of hydrogen-bond acceptors (Lipinski definition) is 3. The van der Waals surface area contributed by atoms with Crippen molar-refractivity contribution in [3.05, 3.63) is 89.9 Å². The van der Waals surface area contributed by atoms with Crippen molar-refractivity contribution >= 4 is 0 Å². The summed E-state index contributed by atoms with van der Waals surface area (Å²) in [6.07, 6.45) is 5.82. The van der Waals surface area contributed by atoms with E-state index in [2.05, 4.69) is 23.8 Å². The molecule has 1 atom stereocenters. The molecule has 0 aliphatic carbocycles. The first-order valence-corrected chi connectivity index (χ1v) is 12.5. The number of rotatable bonds is 10. The lowest BCUT2D eigenvalue weighted by Gasteiger charge is -2.16. The Morgan fingerprint density at radius 3 is 2.05 bits per heavy atom. The molecule has 1 unspecified atom stereocenters. The average Bonchev–Trinajstić information content (AvgIpc) is 2.96. The van der Waals surface area contributed by atoms with E-state index in [9.17, 15) is 22.0 Å². The number of unbranched alkanes of at least 4 members (excludes halogenated alkanes) is 1. The van der Waals surface area contributed by atoms with Gasteiger partial charge in [0.2, 0.25) is 5.82 Å². The van der Waals surface area contributed by atoms with Crippen LogP contribution in [0.25, 0.3) is 33.8 Å². The molecule has 38 heavy (non-hydrogen) atoms. The number of ether oxygens (including phenoxy) is 1. The molecule has 2 heterocycles. The highest BCUT2D eigenvalue weighted by molar-refractivity contribution is 5.83. The Hall–Kier alpha value is -3.81. The van der Waals surface area contributed by atoms with Gasteiger partial charge in [0.15, 0.2) is 23.3 Å². The number of nitrogens with zero attached hydrogens (tertiary/aromatic N) is 2. The van der Waals surface area contributed by atoms with Crippen LogP contribution in [0.2, 0.25) is 0 Å². The van der Waals surface area contributed by atoms with Crippen LogP contribution in [0.3, 0.4) is 0 Å². The van der Waals surface area contributed by atoms with Crippen molar-refractivity contribution in [1.82, 2.24) is 9.97 Å². The molecule has 4 rings (SSSR count). The number of hydrogen-bond donors (Lipinski definition) is 0. The van der Waals surface area contributed by atoms with Crippen molar-refractivity contribution in [3.63, 3.8) is 0 Å². The molecular weight excluding hydrogens is 499 g/mol. The predicted molar refractivity (Wildman–Crippen MR) is 137 cm³/mol. The van der Waals surface area contributed by atoms with E-state index in [-0.39, 0.29) is 17.0 Å². The quantitative estimate of drug-likeness (QED) is 0.118. The van der Waals surface area contributed by atoms with E-state index in [0.29, 0.717) is 29.5 Å². The van der Waals surface area contributed by atoms with Gasteiger partial charge in [0.05, 0.1) is 29.3 Å². The summed E-state index contributed by atoms with van der Waals surface area (Å²) in [7, 11) is 0. The first-order valence-electron chi connectivity index (χ1n) is 12.5. The molecule has 0 radical (unpaired) electrons. The summed E-state index contributed by atoms with van der Waals surface area (Å²) >= 11 is 0. The van der Waals surface area contributed by atoms with Gasteiger partial charge in [-0.1, -0.05) is 51.3 Å². The maximum absolute atomic E-state index is 14.9. The molecule has 2 aromatic heterocycles. The van der Waals surface area contributed by atoms with Crippen LogP contribution >= 0.6 is 0 Å². The molecule has 198 valence electrons. The molecule has 0 saturated heterocycles. The first kappa shape index (κ1) is 27.2. The Bertz CT molecular complexity index is 1370. The molecule has 0 amide bonds. The van der Waals surface area contributed by atoms with Crippen molar-refractivity contribution in [2.45, 2.75) is 39.5 Å². The summed E-state index contributed by atoms with van der Waals surface area (Å²) < 4.78 is 77.8. The van der Waals surface area contributed by atoms with Gasteiger partial charge in [0, 0.05) is 11.8 Å². The standard InChI is InChI=1S/C30H27F5N2O/c1-3-5-8-18(4-2)17-38-20-12-10-19(11-13-20)21-14-15-23(22-9-6-7-16-36-22)37-30(21)24-25(31)27(33)29(35)28(34)26(24)32/h6-7,9-16,18H,3-5,8,17H2,1-2H3. The van der Waals surface area contributed by atoms with Crippen LogP contribution < -0.4 is 4.74 Å². The van der Waals surface area contributed by atoms with Gasteiger partial charge in [-0.15, -0.1) is 0 Å². The van der Waals surface area contributed by atoms with Crippen LogP contribution in [0.15, 0.2) is 60.8 Å². The molecular formula is C30H27F5N2O. The van der Waals surface area contributed by atoms with Crippen LogP contribution in [-0.4, -0.2) is 16.6 Å². The van der Waals surface area contributed by atoms with Crippen LogP contribution in [-0.2, 0) is 0 Å². The highest BCUT2D eigenvalue weighted by Crippen LogP contribution is 2.38. The molecule has 2 aromatic carbocycles. The molecule has 8 heteroatoms. The Kier molecular flexibility index (Phi) is 8.71. The maximum Gasteiger partial charge on any atom is 0.200 e. The van der Waals surface area contributed by atoms with Gasteiger partial charge in [-0.05, 0) is 54.3 Å². The van der Waals surface area contributed by atoms with Crippen molar-refractivity contribution in [2.24, 2.45) is 5.92 Å². The Morgan fingerprint density at radius 2 is 1.45 bits per heavy atom. The lowest BCUT2D eigenvalue weighted by molar-refractivity contribution is 0.233. The molecule has 0 saturated carbocycles. The molecule has 0 spiro atoms. The maximum atomic E-state index is 14.9. The van der Waals surface area contributed by atoms with E-state index in [4.69, 9.17) is 4.74 Å². The summed E-state index contributed by atoms with van der Waals surface area (Å²) in [6, 6.07) is 14.8. The fraction of sp³-hybridized carbons (Fsp3) is 0.267. The smallest absolute Gasteiger partial charge is 0.200 e. The van der Waals surface area contributed by atoms with E-state index in [1.807, 2.05) is 0 Å². The van der Waals surface area contributed by atoms with Crippen LogP contribution in [0, 0.1) is 35.0 Å². The lowest BCUT2D eigenvalue weighted by Crippen LogP contribution is -2.11.